The van der Waals surface area contributed by atoms with Gasteiger partial charge < -0.3 is 13.9 Å². The fraction of sp³-hybridized carbons (Fsp3) is 0.200. The molecule has 1 aromatic carbocycles. The normalized spacial score (nSPS) is 10.8. The number of ether oxygens (including phenoxy) is 1. The third-order valence-corrected chi connectivity index (χ3v) is 3.32. The molecule has 0 atom stereocenters. The zero-order valence-corrected chi connectivity index (χ0v) is 11.8. The molecule has 5 nitrogen and oxygen atoms in total. The number of halogens is 1. The van der Waals surface area contributed by atoms with Crippen LogP contribution < -0.4 is 4.74 Å². The monoisotopic (exact) mass is 286 g/mol. The third-order valence-electron chi connectivity index (χ3n) is 3.32. The quantitative estimate of drug-likeness (QED) is 0.740. The maximum atomic E-state index is 13.4. The highest BCUT2D eigenvalue weighted by molar-refractivity contribution is 5.40. The maximum Gasteiger partial charge on any atom is 0.165 e. The van der Waals surface area contributed by atoms with E-state index in [0.717, 1.165) is 17.2 Å². The first-order valence-electron chi connectivity index (χ1n) is 6.52. The SMILES string of the molecule is COc1cc(-n2cnc(Cn3ccnc3C)c2)ccc1F. The molecule has 3 rings (SSSR count). The number of aryl methyl sites for hydroxylation is 1. The van der Waals surface area contributed by atoms with Gasteiger partial charge in [-0.25, -0.2) is 14.4 Å². The first-order valence-corrected chi connectivity index (χ1v) is 6.52. The largest absolute Gasteiger partial charge is 0.494 e. The number of hydrogen-bond acceptors (Lipinski definition) is 3. The molecule has 0 saturated heterocycles. The first kappa shape index (κ1) is 13.4. The number of benzene rings is 1. The van der Waals surface area contributed by atoms with E-state index in [9.17, 15) is 4.39 Å². The van der Waals surface area contributed by atoms with Gasteiger partial charge in [-0.15, -0.1) is 0 Å². The van der Waals surface area contributed by atoms with Gasteiger partial charge in [0.1, 0.15) is 5.82 Å². The van der Waals surface area contributed by atoms with Gasteiger partial charge in [0.2, 0.25) is 0 Å². The second kappa shape index (κ2) is 5.40. The topological polar surface area (TPSA) is 44.9 Å². The molecule has 0 radical (unpaired) electrons. The summed E-state index contributed by atoms with van der Waals surface area (Å²) >= 11 is 0. The van der Waals surface area contributed by atoms with E-state index in [1.807, 2.05) is 28.5 Å². The predicted molar refractivity (Wildman–Crippen MR) is 76.1 cm³/mol. The third kappa shape index (κ3) is 2.65. The van der Waals surface area contributed by atoms with Crippen LogP contribution in [0.1, 0.15) is 11.5 Å². The molecule has 0 aliphatic rings. The van der Waals surface area contributed by atoms with Crippen LogP contribution in [0.5, 0.6) is 5.75 Å². The summed E-state index contributed by atoms with van der Waals surface area (Å²) in [4.78, 5) is 8.55. The van der Waals surface area contributed by atoms with E-state index < -0.39 is 0 Å². The second-order valence-electron chi connectivity index (χ2n) is 4.69. The van der Waals surface area contributed by atoms with Crippen molar-refractivity contribution in [3.63, 3.8) is 0 Å². The lowest BCUT2D eigenvalue weighted by molar-refractivity contribution is 0.386. The summed E-state index contributed by atoms with van der Waals surface area (Å²) in [6.45, 7) is 2.60. The molecule has 0 saturated carbocycles. The molecule has 108 valence electrons. The van der Waals surface area contributed by atoms with Crippen LogP contribution in [0.4, 0.5) is 4.39 Å². The Morgan fingerprint density at radius 1 is 1.29 bits per heavy atom. The summed E-state index contributed by atoms with van der Waals surface area (Å²) in [6, 6.07) is 4.71. The highest BCUT2D eigenvalue weighted by atomic mass is 19.1. The molecule has 2 heterocycles. The number of hydrogen-bond donors (Lipinski definition) is 0. The van der Waals surface area contributed by atoms with Crippen molar-refractivity contribution in [2.45, 2.75) is 13.5 Å². The number of rotatable bonds is 4. The molecule has 0 unspecified atom stereocenters. The summed E-state index contributed by atoms with van der Waals surface area (Å²) in [7, 11) is 1.45. The Balaban J connectivity index is 1.86. The highest BCUT2D eigenvalue weighted by Gasteiger charge is 2.07. The lowest BCUT2D eigenvalue weighted by atomic mass is 10.3. The summed E-state index contributed by atoms with van der Waals surface area (Å²) in [5, 5.41) is 0. The zero-order chi connectivity index (χ0) is 14.8. The van der Waals surface area contributed by atoms with Crippen LogP contribution in [0, 0.1) is 12.7 Å². The van der Waals surface area contributed by atoms with Gasteiger partial charge in [0, 0.05) is 24.7 Å². The van der Waals surface area contributed by atoms with Crippen LogP contribution in [0.25, 0.3) is 5.69 Å². The predicted octanol–water partition coefficient (Wildman–Crippen LogP) is 2.57. The molecule has 0 aliphatic carbocycles. The van der Waals surface area contributed by atoms with Crippen molar-refractivity contribution in [3.05, 3.63) is 60.5 Å². The van der Waals surface area contributed by atoms with E-state index in [4.69, 9.17) is 4.74 Å². The summed E-state index contributed by atoms with van der Waals surface area (Å²) in [5.74, 6) is 0.775. The lowest BCUT2D eigenvalue weighted by Gasteiger charge is -2.06. The molecule has 0 spiro atoms. The van der Waals surface area contributed by atoms with E-state index in [1.165, 1.54) is 13.2 Å². The highest BCUT2D eigenvalue weighted by Crippen LogP contribution is 2.21. The van der Waals surface area contributed by atoms with Gasteiger partial charge in [0.25, 0.3) is 0 Å². The van der Waals surface area contributed by atoms with Gasteiger partial charge in [-0.3, -0.25) is 0 Å². The molecule has 0 N–H and O–H groups in total. The van der Waals surface area contributed by atoms with E-state index in [0.29, 0.717) is 6.54 Å². The average molecular weight is 286 g/mol. The minimum Gasteiger partial charge on any atom is -0.494 e. The van der Waals surface area contributed by atoms with Crippen molar-refractivity contribution in [1.82, 2.24) is 19.1 Å². The molecule has 6 heteroatoms. The molecule has 0 amide bonds. The van der Waals surface area contributed by atoms with Crippen molar-refractivity contribution >= 4 is 0 Å². The van der Waals surface area contributed by atoms with Crippen LogP contribution in [0.2, 0.25) is 0 Å². The van der Waals surface area contributed by atoms with Crippen molar-refractivity contribution in [2.75, 3.05) is 7.11 Å². The fourth-order valence-electron chi connectivity index (χ4n) is 2.14. The van der Waals surface area contributed by atoms with Crippen molar-refractivity contribution < 1.29 is 9.13 Å². The van der Waals surface area contributed by atoms with E-state index in [2.05, 4.69) is 9.97 Å². The average Bonchev–Trinajstić information content (AvgIpc) is 3.10. The van der Waals surface area contributed by atoms with Crippen molar-refractivity contribution in [3.8, 4) is 11.4 Å². The van der Waals surface area contributed by atoms with Gasteiger partial charge in [-0.2, -0.15) is 0 Å². The summed E-state index contributed by atoms with van der Waals surface area (Å²) in [6.07, 6.45) is 7.28. The molecular formula is C15H15FN4O. The minimum atomic E-state index is -0.379. The number of nitrogens with zero attached hydrogens (tertiary/aromatic N) is 4. The van der Waals surface area contributed by atoms with Gasteiger partial charge in [-0.1, -0.05) is 0 Å². The van der Waals surface area contributed by atoms with E-state index in [-0.39, 0.29) is 11.6 Å². The Labute approximate surface area is 121 Å². The van der Waals surface area contributed by atoms with Crippen molar-refractivity contribution in [1.29, 1.82) is 0 Å². The standard InChI is InChI=1S/C15H15FN4O/c1-11-17-5-6-19(11)8-12-9-20(10-18-12)13-3-4-14(16)15(7-13)21-2/h3-7,9-10H,8H2,1-2H3. The minimum absolute atomic E-state index is 0.216. The Morgan fingerprint density at radius 3 is 2.86 bits per heavy atom. The maximum absolute atomic E-state index is 13.4. The van der Waals surface area contributed by atoms with Crippen LogP contribution >= 0.6 is 0 Å². The Bertz CT molecular complexity index is 763. The van der Waals surface area contributed by atoms with E-state index >= 15 is 0 Å². The zero-order valence-electron chi connectivity index (χ0n) is 11.8. The molecular weight excluding hydrogens is 271 g/mol. The molecule has 0 bridgehead atoms. The van der Waals surface area contributed by atoms with Crippen LogP contribution in [0.3, 0.4) is 0 Å². The van der Waals surface area contributed by atoms with Gasteiger partial charge in [-0.05, 0) is 19.1 Å². The van der Waals surface area contributed by atoms with Gasteiger partial charge >= 0.3 is 0 Å². The van der Waals surface area contributed by atoms with Crippen LogP contribution in [0.15, 0.2) is 43.1 Å². The molecule has 21 heavy (non-hydrogen) atoms. The van der Waals surface area contributed by atoms with E-state index in [1.54, 1.807) is 24.7 Å². The smallest absolute Gasteiger partial charge is 0.165 e. The molecule has 2 aromatic heterocycles. The second-order valence-corrected chi connectivity index (χ2v) is 4.69. The molecule has 0 fully saturated rings. The Hall–Kier alpha value is -2.63. The first-order chi connectivity index (χ1) is 10.2. The number of imidazole rings is 2. The molecule has 0 aliphatic heterocycles. The number of aromatic nitrogens is 4. The van der Waals surface area contributed by atoms with Crippen molar-refractivity contribution in [2.24, 2.45) is 0 Å². The van der Waals surface area contributed by atoms with Crippen LogP contribution in [-0.2, 0) is 6.54 Å². The number of methoxy groups -OCH3 is 1. The van der Waals surface area contributed by atoms with Gasteiger partial charge in [0.05, 0.1) is 31.4 Å². The summed E-state index contributed by atoms with van der Waals surface area (Å²) < 4.78 is 22.3. The Morgan fingerprint density at radius 2 is 2.14 bits per heavy atom. The van der Waals surface area contributed by atoms with Gasteiger partial charge in [0.15, 0.2) is 11.6 Å². The molecule has 3 aromatic rings. The van der Waals surface area contributed by atoms with Crippen LogP contribution in [-0.4, -0.2) is 26.2 Å². The Kier molecular flexibility index (Phi) is 3.43. The summed E-state index contributed by atoms with van der Waals surface area (Å²) in [5.41, 5.74) is 1.70. The lowest BCUT2D eigenvalue weighted by Crippen LogP contribution is -2.01. The fourth-order valence-corrected chi connectivity index (χ4v) is 2.14.